The number of rotatable bonds is 6. The van der Waals surface area contributed by atoms with E-state index in [2.05, 4.69) is 0 Å². The number of nitrogens with zero attached hydrogens (tertiary/aromatic N) is 1. The molecule has 2 rings (SSSR count). The number of hydrogen-bond donors (Lipinski definition) is 0. The lowest BCUT2D eigenvalue weighted by molar-refractivity contribution is -0.146. The number of amides is 1. The monoisotopic (exact) mass is 411 g/mol. The van der Waals surface area contributed by atoms with Crippen molar-refractivity contribution in [2.45, 2.75) is 37.1 Å². The highest BCUT2D eigenvalue weighted by Gasteiger charge is 2.36. The maximum atomic E-state index is 12.5. The molecule has 1 heterocycles. The lowest BCUT2D eigenvalue weighted by Crippen LogP contribution is -2.43. The first-order valence-corrected chi connectivity index (χ1v) is 10.9. The SMILES string of the molecule is CCOC(=O)CC(=O)[C@@H]1CCN(C(=O)OC)[C@H](c2ccc(S(C)(=O)=O)cc2)C1. The predicted octanol–water partition coefficient (Wildman–Crippen LogP) is 2.13. The highest BCUT2D eigenvalue weighted by atomic mass is 32.2. The Bertz CT molecular complexity index is 832. The molecule has 9 heteroatoms. The number of methoxy groups -OCH3 is 1. The van der Waals surface area contributed by atoms with Gasteiger partial charge in [0.2, 0.25) is 0 Å². The van der Waals surface area contributed by atoms with E-state index in [4.69, 9.17) is 9.47 Å². The highest BCUT2D eigenvalue weighted by molar-refractivity contribution is 7.90. The minimum absolute atomic E-state index is 0.173. The fourth-order valence-electron chi connectivity index (χ4n) is 3.35. The Labute approximate surface area is 164 Å². The molecule has 0 unspecified atom stereocenters. The van der Waals surface area contributed by atoms with Crippen molar-refractivity contribution in [3.63, 3.8) is 0 Å². The molecule has 1 aliphatic rings. The molecule has 154 valence electrons. The standard InChI is InChI=1S/C19H25NO7S/c1-4-27-18(22)12-17(21)14-9-10-20(19(23)26-2)16(11-14)13-5-7-15(8-6-13)28(3,24)25/h5-8,14,16H,4,9-12H2,1-3H3/t14-,16+/m1/s1. The topological polar surface area (TPSA) is 107 Å². The van der Waals surface area contributed by atoms with Crippen LogP contribution in [-0.4, -0.2) is 57.7 Å². The third kappa shape index (κ3) is 5.31. The third-order valence-electron chi connectivity index (χ3n) is 4.78. The van der Waals surface area contributed by atoms with E-state index in [1.807, 2.05) is 0 Å². The summed E-state index contributed by atoms with van der Waals surface area (Å²) >= 11 is 0. The number of Topliss-reactive ketones (excluding diaryl/α,β-unsaturated/α-hetero) is 1. The van der Waals surface area contributed by atoms with Crippen LogP contribution in [0.2, 0.25) is 0 Å². The Morgan fingerprint density at radius 3 is 2.36 bits per heavy atom. The predicted molar refractivity (Wildman–Crippen MR) is 100 cm³/mol. The number of carbonyl (C=O) groups excluding carboxylic acids is 3. The summed E-state index contributed by atoms with van der Waals surface area (Å²) in [5, 5.41) is 0. The molecule has 1 fully saturated rings. The first-order valence-electron chi connectivity index (χ1n) is 9.00. The summed E-state index contributed by atoms with van der Waals surface area (Å²) in [6.45, 7) is 2.18. The molecule has 2 atom stereocenters. The van der Waals surface area contributed by atoms with Crippen LogP contribution in [0.1, 0.15) is 37.8 Å². The second-order valence-corrected chi connectivity index (χ2v) is 8.71. The maximum absolute atomic E-state index is 12.5. The Hall–Kier alpha value is -2.42. The second-order valence-electron chi connectivity index (χ2n) is 6.69. The average Bonchev–Trinajstić information content (AvgIpc) is 2.66. The number of esters is 1. The third-order valence-corrected chi connectivity index (χ3v) is 5.91. The van der Waals surface area contributed by atoms with Crippen molar-refractivity contribution in [1.29, 1.82) is 0 Å². The van der Waals surface area contributed by atoms with Crippen molar-refractivity contribution in [2.24, 2.45) is 5.92 Å². The molecule has 1 saturated heterocycles. The summed E-state index contributed by atoms with van der Waals surface area (Å²) in [4.78, 5) is 37.9. The second kappa shape index (κ2) is 9.18. The van der Waals surface area contributed by atoms with Crippen molar-refractivity contribution in [3.8, 4) is 0 Å². The molecular formula is C19H25NO7S. The largest absolute Gasteiger partial charge is 0.466 e. The molecule has 0 saturated carbocycles. The lowest BCUT2D eigenvalue weighted by Gasteiger charge is -2.38. The Kier molecular flexibility index (Phi) is 7.17. The number of sulfone groups is 1. The van der Waals surface area contributed by atoms with Crippen LogP contribution in [0.3, 0.4) is 0 Å². The van der Waals surface area contributed by atoms with E-state index in [9.17, 15) is 22.8 Å². The number of ketones is 1. The molecule has 0 radical (unpaired) electrons. The maximum Gasteiger partial charge on any atom is 0.409 e. The van der Waals surface area contributed by atoms with Gasteiger partial charge >= 0.3 is 12.1 Å². The molecular weight excluding hydrogens is 386 g/mol. The fraction of sp³-hybridized carbons (Fsp3) is 0.526. The van der Waals surface area contributed by atoms with Crippen LogP contribution in [0.5, 0.6) is 0 Å². The first kappa shape index (κ1) is 21.9. The molecule has 1 aliphatic heterocycles. The van der Waals surface area contributed by atoms with Crippen LogP contribution >= 0.6 is 0 Å². The van der Waals surface area contributed by atoms with Gasteiger partial charge in [0.05, 0.1) is 24.7 Å². The minimum atomic E-state index is -3.34. The lowest BCUT2D eigenvalue weighted by atomic mass is 9.84. The number of ether oxygens (including phenoxy) is 2. The van der Waals surface area contributed by atoms with Crippen LogP contribution in [-0.2, 0) is 28.9 Å². The number of piperidine rings is 1. The summed E-state index contributed by atoms with van der Waals surface area (Å²) in [6, 6.07) is 5.77. The molecule has 1 aromatic carbocycles. The normalized spacial score (nSPS) is 19.8. The zero-order chi connectivity index (χ0) is 20.9. The van der Waals surface area contributed by atoms with Crippen LogP contribution in [0.4, 0.5) is 4.79 Å². The van der Waals surface area contributed by atoms with Gasteiger partial charge in [-0.25, -0.2) is 13.2 Å². The van der Waals surface area contributed by atoms with Crippen molar-refractivity contribution in [1.82, 2.24) is 4.90 Å². The summed E-state index contributed by atoms with van der Waals surface area (Å²) in [7, 11) is -2.06. The van der Waals surface area contributed by atoms with Crippen LogP contribution in [0.25, 0.3) is 0 Å². The Morgan fingerprint density at radius 1 is 1.18 bits per heavy atom. The summed E-state index contributed by atoms with van der Waals surface area (Å²) < 4.78 is 33.0. The van der Waals surface area contributed by atoms with Gasteiger partial charge in [-0.3, -0.25) is 9.59 Å². The number of carbonyl (C=O) groups is 3. The van der Waals surface area contributed by atoms with E-state index in [0.29, 0.717) is 24.9 Å². The van der Waals surface area contributed by atoms with Crippen LogP contribution < -0.4 is 0 Å². The summed E-state index contributed by atoms with van der Waals surface area (Å²) in [5.74, 6) is -1.18. The molecule has 8 nitrogen and oxygen atoms in total. The Balaban J connectivity index is 2.24. The van der Waals surface area contributed by atoms with Gasteiger partial charge in [0, 0.05) is 18.7 Å². The number of benzene rings is 1. The van der Waals surface area contributed by atoms with Gasteiger partial charge in [-0.15, -0.1) is 0 Å². The summed E-state index contributed by atoms with van der Waals surface area (Å²) in [6.07, 6.45) is 1.05. The van der Waals surface area contributed by atoms with Gasteiger partial charge < -0.3 is 14.4 Å². The van der Waals surface area contributed by atoms with Crippen molar-refractivity contribution in [3.05, 3.63) is 29.8 Å². The Morgan fingerprint density at radius 2 is 1.82 bits per heavy atom. The summed E-state index contributed by atoms with van der Waals surface area (Å²) in [5.41, 5.74) is 0.700. The van der Waals surface area contributed by atoms with E-state index >= 15 is 0 Å². The fourth-order valence-corrected chi connectivity index (χ4v) is 3.98. The minimum Gasteiger partial charge on any atom is -0.466 e. The van der Waals surface area contributed by atoms with Gasteiger partial charge in [-0.2, -0.15) is 0 Å². The van der Waals surface area contributed by atoms with Crippen LogP contribution in [0.15, 0.2) is 29.2 Å². The van der Waals surface area contributed by atoms with Crippen molar-refractivity contribution < 1.29 is 32.3 Å². The van der Waals surface area contributed by atoms with E-state index in [0.717, 1.165) is 6.26 Å². The van der Waals surface area contributed by atoms with Crippen molar-refractivity contribution >= 4 is 27.7 Å². The van der Waals surface area contributed by atoms with E-state index in [1.54, 1.807) is 19.1 Å². The molecule has 0 aromatic heterocycles. The van der Waals surface area contributed by atoms with Gasteiger partial charge in [-0.1, -0.05) is 12.1 Å². The van der Waals surface area contributed by atoms with Gasteiger partial charge in [0.1, 0.15) is 12.2 Å². The van der Waals surface area contributed by atoms with E-state index < -0.39 is 33.9 Å². The molecule has 0 aliphatic carbocycles. The zero-order valence-corrected chi connectivity index (χ0v) is 17.0. The zero-order valence-electron chi connectivity index (χ0n) is 16.2. The van der Waals surface area contributed by atoms with E-state index in [-0.39, 0.29) is 23.7 Å². The van der Waals surface area contributed by atoms with Crippen LogP contribution in [0, 0.1) is 5.92 Å². The first-order chi connectivity index (χ1) is 13.2. The molecule has 28 heavy (non-hydrogen) atoms. The van der Waals surface area contributed by atoms with Gasteiger partial charge in [0.25, 0.3) is 0 Å². The highest BCUT2D eigenvalue weighted by Crippen LogP contribution is 2.36. The van der Waals surface area contributed by atoms with Crippen molar-refractivity contribution in [2.75, 3.05) is 26.5 Å². The van der Waals surface area contributed by atoms with Gasteiger partial charge in [-0.05, 0) is 37.5 Å². The number of hydrogen-bond acceptors (Lipinski definition) is 7. The van der Waals surface area contributed by atoms with E-state index in [1.165, 1.54) is 24.1 Å². The quantitative estimate of drug-likeness (QED) is 0.521. The molecule has 0 spiro atoms. The molecule has 1 aromatic rings. The molecule has 0 N–H and O–H groups in total. The number of likely N-dealkylation sites (tertiary alicyclic amines) is 1. The smallest absolute Gasteiger partial charge is 0.409 e. The molecule has 1 amide bonds. The van der Waals surface area contributed by atoms with Gasteiger partial charge in [0.15, 0.2) is 9.84 Å². The molecule has 0 bridgehead atoms. The average molecular weight is 411 g/mol.